The normalized spacial score (nSPS) is 24.9. The first-order valence-electron chi connectivity index (χ1n) is 3.27. The van der Waals surface area contributed by atoms with Gasteiger partial charge in [-0.15, -0.1) is 22.2 Å². The third-order valence-electron chi connectivity index (χ3n) is 1.22. The second-order valence-electron chi connectivity index (χ2n) is 2.23. The molecule has 1 rings (SSSR count). The standard InChI is InChI=1S/C5H10Cl2O2Si/c1-2-9-10(6,7)4-5-3-8-5/h5H,2-4H2,1H3. The Bertz CT molecular complexity index is 116. The largest absolute Gasteiger partial charge is 0.392 e. The Labute approximate surface area is 70.9 Å². The molecule has 1 aliphatic heterocycles. The maximum absolute atomic E-state index is 5.87. The van der Waals surface area contributed by atoms with Gasteiger partial charge in [0.15, 0.2) is 0 Å². The molecule has 60 valence electrons. The van der Waals surface area contributed by atoms with E-state index < -0.39 is 6.94 Å². The minimum absolute atomic E-state index is 0.271. The zero-order valence-corrected chi connectivity index (χ0v) is 8.28. The first-order valence-corrected chi connectivity index (χ1v) is 7.41. The zero-order valence-electron chi connectivity index (χ0n) is 5.77. The fraction of sp³-hybridized carbons (Fsp3) is 1.00. The van der Waals surface area contributed by atoms with Crippen molar-refractivity contribution in [1.29, 1.82) is 0 Å². The Morgan fingerprint density at radius 3 is 2.70 bits per heavy atom. The van der Waals surface area contributed by atoms with Crippen molar-refractivity contribution in [1.82, 2.24) is 0 Å². The summed E-state index contributed by atoms with van der Waals surface area (Å²) in [5.41, 5.74) is 0. The monoisotopic (exact) mass is 200 g/mol. The number of hydrogen-bond donors (Lipinski definition) is 0. The van der Waals surface area contributed by atoms with Crippen molar-refractivity contribution in [2.75, 3.05) is 13.2 Å². The van der Waals surface area contributed by atoms with Crippen LogP contribution in [0.15, 0.2) is 0 Å². The molecule has 0 aliphatic carbocycles. The minimum atomic E-state index is -2.38. The molecule has 0 amide bonds. The lowest BCUT2D eigenvalue weighted by atomic mass is 10.6. The molecule has 1 atom stereocenters. The molecule has 0 aromatic heterocycles. The van der Waals surface area contributed by atoms with Gasteiger partial charge < -0.3 is 9.16 Å². The smallest absolute Gasteiger partial charge is 0.392 e. The Kier molecular flexibility index (Phi) is 3.00. The molecule has 1 saturated heterocycles. The molecule has 1 heterocycles. The average molecular weight is 201 g/mol. The molecule has 0 aromatic rings. The van der Waals surface area contributed by atoms with Gasteiger partial charge in [0, 0.05) is 12.7 Å². The predicted molar refractivity (Wildman–Crippen MR) is 43.6 cm³/mol. The first kappa shape index (κ1) is 8.81. The van der Waals surface area contributed by atoms with Crippen LogP contribution in [0.3, 0.4) is 0 Å². The highest BCUT2D eigenvalue weighted by Gasteiger charge is 2.39. The molecule has 1 aliphatic rings. The molecule has 0 saturated carbocycles. The fourth-order valence-corrected chi connectivity index (χ4v) is 3.71. The van der Waals surface area contributed by atoms with E-state index in [-0.39, 0.29) is 6.10 Å². The summed E-state index contributed by atoms with van der Waals surface area (Å²) in [6, 6.07) is 0.698. The van der Waals surface area contributed by atoms with Gasteiger partial charge in [-0.2, -0.15) is 0 Å². The van der Waals surface area contributed by atoms with Crippen molar-refractivity contribution in [2.45, 2.75) is 19.1 Å². The summed E-state index contributed by atoms with van der Waals surface area (Å²) in [5, 5.41) is 0. The van der Waals surface area contributed by atoms with Gasteiger partial charge in [0.25, 0.3) is 0 Å². The highest BCUT2D eigenvalue weighted by Crippen LogP contribution is 2.29. The molecule has 1 unspecified atom stereocenters. The third-order valence-corrected chi connectivity index (χ3v) is 4.45. The SMILES string of the molecule is CCO[Si](Cl)(Cl)CC1CO1. The quantitative estimate of drug-likeness (QED) is 0.393. The zero-order chi connectivity index (χ0) is 7.61. The van der Waals surface area contributed by atoms with Crippen molar-refractivity contribution < 1.29 is 9.16 Å². The Balaban J connectivity index is 2.19. The third kappa shape index (κ3) is 3.21. The molecule has 10 heavy (non-hydrogen) atoms. The number of halogens is 2. The molecule has 1 fully saturated rings. The highest BCUT2D eigenvalue weighted by molar-refractivity contribution is 7.42. The van der Waals surface area contributed by atoms with Gasteiger partial charge >= 0.3 is 6.94 Å². The van der Waals surface area contributed by atoms with Gasteiger partial charge in [0.1, 0.15) is 0 Å². The van der Waals surface area contributed by atoms with Crippen LogP contribution in [0.1, 0.15) is 6.92 Å². The van der Waals surface area contributed by atoms with E-state index in [2.05, 4.69) is 0 Å². The van der Waals surface area contributed by atoms with Crippen molar-refractivity contribution in [3.05, 3.63) is 0 Å². The van der Waals surface area contributed by atoms with Gasteiger partial charge in [-0.3, -0.25) is 0 Å². The van der Waals surface area contributed by atoms with Crippen LogP contribution < -0.4 is 0 Å². The molecule has 5 heteroatoms. The first-order chi connectivity index (χ1) is 4.64. The second-order valence-corrected chi connectivity index (χ2v) is 8.45. The van der Waals surface area contributed by atoms with Gasteiger partial charge in [0.2, 0.25) is 0 Å². The summed E-state index contributed by atoms with van der Waals surface area (Å²) in [6.45, 7) is 0.887. The van der Waals surface area contributed by atoms with Crippen LogP contribution in [0.25, 0.3) is 0 Å². The summed E-state index contributed by atoms with van der Waals surface area (Å²) < 4.78 is 10.1. The number of ether oxygens (including phenoxy) is 1. The Hall–Kier alpha value is 0.717. The Morgan fingerprint density at radius 1 is 1.70 bits per heavy atom. The highest BCUT2D eigenvalue weighted by atomic mass is 35.7. The minimum Gasteiger partial charge on any atom is -0.392 e. The lowest BCUT2D eigenvalue weighted by molar-refractivity contribution is 0.340. The maximum Gasteiger partial charge on any atom is 0.392 e. The van der Waals surface area contributed by atoms with E-state index in [1.54, 1.807) is 0 Å². The Morgan fingerprint density at radius 2 is 2.30 bits per heavy atom. The summed E-state index contributed by atoms with van der Waals surface area (Å²) in [4.78, 5) is 0. The number of rotatable bonds is 4. The summed E-state index contributed by atoms with van der Waals surface area (Å²) in [5.74, 6) is 0. The van der Waals surface area contributed by atoms with Crippen molar-refractivity contribution in [3.63, 3.8) is 0 Å². The molecular formula is C5H10Cl2O2Si. The number of hydrogen-bond acceptors (Lipinski definition) is 2. The van der Waals surface area contributed by atoms with Crippen LogP contribution >= 0.6 is 22.2 Å². The van der Waals surface area contributed by atoms with E-state index in [1.165, 1.54) is 0 Å². The lowest BCUT2D eigenvalue weighted by Gasteiger charge is -2.13. The van der Waals surface area contributed by atoms with Crippen molar-refractivity contribution in [2.24, 2.45) is 0 Å². The molecule has 0 spiro atoms. The van der Waals surface area contributed by atoms with E-state index in [0.717, 1.165) is 6.61 Å². The summed E-state index contributed by atoms with van der Waals surface area (Å²) in [7, 11) is 0. The van der Waals surface area contributed by atoms with Gasteiger partial charge in [-0.05, 0) is 6.92 Å². The van der Waals surface area contributed by atoms with Crippen molar-refractivity contribution in [3.8, 4) is 0 Å². The average Bonchev–Trinajstić information content (AvgIpc) is 2.48. The summed E-state index contributed by atoms with van der Waals surface area (Å²) in [6.07, 6.45) is 0.271. The maximum atomic E-state index is 5.87. The topological polar surface area (TPSA) is 21.8 Å². The predicted octanol–water partition coefficient (Wildman–Crippen LogP) is 1.84. The number of epoxide rings is 1. The van der Waals surface area contributed by atoms with Crippen LogP contribution in [-0.4, -0.2) is 26.3 Å². The molecular weight excluding hydrogens is 191 g/mol. The van der Waals surface area contributed by atoms with E-state index in [9.17, 15) is 0 Å². The van der Waals surface area contributed by atoms with E-state index in [1.807, 2.05) is 6.92 Å². The van der Waals surface area contributed by atoms with E-state index >= 15 is 0 Å². The molecule has 2 nitrogen and oxygen atoms in total. The fourth-order valence-electron chi connectivity index (χ4n) is 0.721. The molecule has 0 radical (unpaired) electrons. The van der Waals surface area contributed by atoms with Crippen molar-refractivity contribution >= 4 is 29.1 Å². The van der Waals surface area contributed by atoms with Gasteiger partial charge in [-0.25, -0.2) is 0 Å². The van der Waals surface area contributed by atoms with E-state index in [4.69, 9.17) is 31.3 Å². The van der Waals surface area contributed by atoms with Crippen LogP contribution in [0.2, 0.25) is 6.04 Å². The summed E-state index contributed by atoms with van der Waals surface area (Å²) >= 11 is 11.7. The van der Waals surface area contributed by atoms with Crippen LogP contribution in [0, 0.1) is 0 Å². The van der Waals surface area contributed by atoms with E-state index in [0.29, 0.717) is 12.7 Å². The molecule has 0 N–H and O–H groups in total. The van der Waals surface area contributed by atoms with Crippen LogP contribution in [0.4, 0.5) is 0 Å². The lowest BCUT2D eigenvalue weighted by Crippen LogP contribution is -2.26. The van der Waals surface area contributed by atoms with Crippen LogP contribution in [-0.2, 0) is 9.16 Å². The molecule has 0 bridgehead atoms. The van der Waals surface area contributed by atoms with Gasteiger partial charge in [0.05, 0.1) is 12.7 Å². The van der Waals surface area contributed by atoms with Gasteiger partial charge in [-0.1, -0.05) is 0 Å². The van der Waals surface area contributed by atoms with Crippen LogP contribution in [0.5, 0.6) is 0 Å². The molecule has 0 aromatic carbocycles. The second kappa shape index (κ2) is 3.41.